The maximum absolute atomic E-state index is 13.4. The summed E-state index contributed by atoms with van der Waals surface area (Å²) < 4.78 is 67.8. The van der Waals surface area contributed by atoms with Crippen LogP contribution in [0.3, 0.4) is 0 Å². The fourth-order valence-corrected chi connectivity index (χ4v) is 7.05. The van der Waals surface area contributed by atoms with E-state index in [2.05, 4.69) is 10.1 Å². The third-order valence-corrected chi connectivity index (χ3v) is 10.3. The first-order chi connectivity index (χ1) is 21.0. The summed E-state index contributed by atoms with van der Waals surface area (Å²) in [5.41, 5.74) is 1.68. The molecule has 2 atom stereocenters. The summed E-state index contributed by atoms with van der Waals surface area (Å²) in [7, 11) is -3.21. The second-order valence-corrected chi connectivity index (χ2v) is 14.0. The highest BCUT2D eigenvalue weighted by molar-refractivity contribution is 7.92. The van der Waals surface area contributed by atoms with Gasteiger partial charge in [0.1, 0.15) is 16.1 Å². The molecule has 1 aromatic heterocycles. The van der Waals surface area contributed by atoms with Crippen LogP contribution >= 0.6 is 23.2 Å². The van der Waals surface area contributed by atoms with Crippen molar-refractivity contribution >= 4 is 39.0 Å². The van der Waals surface area contributed by atoms with Crippen molar-refractivity contribution in [2.75, 3.05) is 25.4 Å². The predicted octanol–water partition coefficient (Wildman–Crippen LogP) is 5.09. The molecule has 2 fully saturated rings. The number of alkyl halides is 2. The van der Waals surface area contributed by atoms with Gasteiger partial charge < -0.3 is 24.7 Å². The number of hydrogen-bond acceptors (Lipinski definition) is 8. The SMILES string of the molecule is O=C(OC(Cc1c(Cl)c[n+]([O-])cc1Cl)c1ccc(OC(F)F)c(OCC2CC2)c1)c1ccc(CC2CNCCS2(=O)=O)cc1. The monoisotopic (exact) mass is 670 g/mol. The van der Waals surface area contributed by atoms with E-state index >= 15 is 0 Å². The average Bonchev–Trinajstić information content (AvgIpc) is 3.79. The van der Waals surface area contributed by atoms with Crippen LogP contribution in [0.15, 0.2) is 54.9 Å². The smallest absolute Gasteiger partial charge is 0.387 e. The molecule has 14 heteroatoms. The highest BCUT2D eigenvalue weighted by Crippen LogP contribution is 2.38. The average molecular weight is 672 g/mol. The van der Waals surface area contributed by atoms with Crippen molar-refractivity contribution in [3.63, 3.8) is 0 Å². The number of hydrogen-bond donors (Lipinski definition) is 1. The zero-order valence-corrected chi connectivity index (χ0v) is 25.7. The van der Waals surface area contributed by atoms with E-state index in [0.29, 0.717) is 47.9 Å². The molecule has 1 aliphatic heterocycles. The predicted molar refractivity (Wildman–Crippen MR) is 159 cm³/mol. The zero-order chi connectivity index (χ0) is 31.4. The number of rotatable bonds is 12. The van der Waals surface area contributed by atoms with Gasteiger partial charge in [-0.3, -0.25) is 0 Å². The Balaban J connectivity index is 1.40. The Hall–Kier alpha value is -3.19. The largest absolute Gasteiger partial charge is 0.619 e. The Morgan fingerprint density at radius 2 is 1.77 bits per heavy atom. The molecule has 1 saturated heterocycles. The Bertz CT molecular complexity index is 1580. The van der Waals surface area contributed by atoms with Crippen LogP contribution in [0, 0.1) is 11.1 Å². The van der Waals surface area contributed by atoms with Crippen LogP contribution in [0.1, 0.15) is 46.0 Å². The zero-order valence-electron chi connectivity index (χ0n) is 23.4. The molecule has 9 nitrogen and oxygen atoms in total. The van der Waals surface area contributed by atoms with Gasteiger partial charge in [-0.1, -0.05) is 41.4 Å². The van der Waals surface area contributed by atoms with Gasteiger partial charge >= 0.3 is 12.6 Å². The van der Waals surface area contributed by atoms with E-state index in [-0.39, 0.29) is 39.3 Å². The number of esters is 1. The first kappa shape index (κ1) is 32.2. The molecule has 2 aliphatic rings. The molecule has 0 spiro atoms. The van der Waals surface area contributed by atoms with Gasteiger partial charge in [-0.05, 0) is 60.6 Å². The Labute approximate surface area is 263 Å². The van der Waals surface area contributed by atoms with Gasteiger partial charge in [-0.15, -0.1) is 0 Å². The molecule has 0 bridgehead atoms. The normalized spacial score (nSPS) is 18.5. The third-order valence-electron chi connectivity index (χ3n) is 7.52. The van der Waals surface area contributed by atoms with Gasteiger partial charge in [0.15, 0.2) is 33.7 Å². The molecule has 1 N–H and O–H groups in total. The molecule has 2 heterocycles. The molecule has 236 valence electrons. The van der Waals surface area contributed by atoms with Crippen molar-refractivity contribution in [1.29, 1.82) is 0 Å². The first-order valence-corrected chi connectivity index (χ1v) is 16.5. The number of pyridine rings is 1. The number of aromatic nitrogens is 1. The lowest BCUT2D eigenvalue weighted by Gasteiger charge is -2.23. The van der Waals surface area contributed by atoms with Crippen LogP contribution in [0.2, 0.25) is 10.0 Å². The summed E-state index contributed by atoms with van der Waals surface area (Å²) in [6.07, 6.45) is 3.41. The molecule has 2 aromatic carbocycles. The molecule has 44 heavy (non-hydrogen) atoms. The van der Waals surface area contributed by atoms with Crippen molar-refractivity contribution < 1.29 is 40.9 Å². The number of carbonyl (C=O) groups excluding carboxylic acids is 1. The van der Waals surface area contributed by atoms with Crippen molar-refractivity contribution in [2.45, 2.75) is 43.6 Å². The number of carbonyl (C=O) groups is 1. The Kier molecular flexibility index (Phi) is 10.1. The van der Waals surface area contributed by atoms with E-state index in [1.807, 2.05) is 0 Å². The van der Waals surface area contributed by atoms with Crippen LogP contribution < -0.4 is 19.5 Å². The molecular weight excluding hydrogens is 641 g/mol. The fraction of sp³-hybridized carbons (Fsp3) is 0.400. The number of nitrogens with zero attached hydrogens (tertiary/aromatic N) is 1. The van der Waals surface area contributed by atoms with Gasteiger partial charge in [0.2, 0.25) is 0 Å². The minimum atomic E-state index is -3.21. The quantitative estimate of drug-likeness (QED) is 0.161. The van der Waals surface area contributed by atoms with E-state index in [0.717, 1.165) is 30.8 Å². The third kappa shape index (κ3) is 8.29. The standard InChI is InChI=1S/C30H30Cl2F2N2O7S/c31-24-15-36(38)16-25(32)23(24)13-27(21-7-8-26(43-30(33)34)28(12-21)41-17-19-1-2-19)42-29(37)20-5-3-18(4-6-20)11-22-14-35-9-10-44(22,39)40/h3-8,12,15-16,19,22,27,30,35H,1-2,9-11,13-14,17H2. The molecule has 0 radical (unpaired) electrons. The van der Waals surface area contributed by atoms with Crippen LogP contribution in [-0.4, -0.2) is 51.7 Å². The van der Waals surface area contributed by atoms with E-state index < -0.39 is 33.8 Å². The van der Waals surface area contributed by atoms with Crippen LogP contribution in [0.25, 0.3) is 0 Å². The molecule has 3 aromatic rings. The molecule has 1 saturated carbocycles. The number of benzene rings is 2. The van der Waals surface area contributed by atoms with Crippen LogP contribution in [-0.2, 0) is 27.4 Å². The summed E-state index contributed by atoms with van der Waals surface area (Å²) in [6, 6.07) is 10.7. The highest BCUT2D eigenvalue weighted by Gasteiger charge is 2.29. The van der Waals surface area contributed by atoms with Crippen molar-refractivity contribution in [3.8, 4) is 11.5 Å². The lowest BCUT2D eigenvalue weighted by molar-refractivity contribution is -0.605. The minimum absolute atomic E-state index is 0.0490. The van der Waals surface area contributed by atoms with Crippen molar-refractivity contribution in [1.82, 2.24) is 5.32 Å². The molecule has 0 amide bonds. The van der Waals surface area contributed by atoms with Gasteiger partial charge in [0.25, 0.3) is 0 Å². The minimum Gasteiger partial charge on any atom is -0.619 e. The Morgan fingerprint density at radius 1 is 1.07 bits per heavy atom. The molecular formula is C30H30Cl2F2N2O7S. The van der Waals surface area contributed by atoms with E-state index in [9.17, 15) is 27.2 Å². The van der Waals surface area contributed by atoms with E-state index in [1.54, 1.807) is 24.3 Å². The second kappa shape index (κ2) is 13.8. The van der Waals surface area contributed by atoms with Crippen LogP contribution in [0.4, 0.5) is 8.78 Å². The van der Waals surface area contributed by atoms with Crippen LogP contribution in [0.5, 0.6) is 11.5 Å². The summed E-state index contributed by atoms with van der Waals surface area (Å²) in [6.45, 7) is -1.97. The van der Waals surface area contributed by atoms with Gasteiger partial charge in [-0.25, -0.2) is 13.2 Å². The first-order valence-electron chi connectivity index (χ1n) is 14.0. The summed E-state index contributed by atoms with van der Waals surface area (Å²) >= 11 is 12.6. The maximum atomic E-state index is 13.4. The summed E-state index contributed by atoms with van der Waals surface area (Å²) in [4.78, 5) is 13.4. The number of nitrogens with one attached hydrogen (secondary N) is 1. The number of halogens is 4. The summed E-state index contributed by atoms with van der Waals surface area (Å²) in [5, 5.41) is 14.4. The lowest BCUT2D eigenvalue weighted by atomic mass is 10.0. The van der Waals surface area contributed by atoms with Crippen molar-refractivity contribution in [2.24, 2.45) is 5.92 Å². The Morgan fingerprint density at radius 3 is 2.41 bits per heavy atom. The molecule has 5 rings (SSSR count). The van der Waals surface area contributed by atoms with E-state index in [4.69, 9.17) is 32.7 Å². The molecule has 1 aliphatic carbocycles. The van der Waals surface area contributed by atoms with Gasteiger partial charge in [0.05, 0.1) is 23.2 Å². The second-order valence-electron chi connectivity index (χ2n) is 10.8. The summed E-state index contributed by atoms with van der Waals surface area (Å²) in [5.74, 6) is -0.400. The highest BCUT2D eigenvalue weighted by atomic mass is 35.5. The number of sulfone groups is 1. The van der Waals surface area contributed by atoms with Crippen molar-refractivity contribution in [3.05, 3.63) is 92.4 Å². The topological polar surface area (TPSA) is 118 Å². The van der Waals surface area contributed by atoms with Gasteiger partial charge in [-0.2, -0.15) is 13.5 Å². The molecule has 2 unspecified atom stereocenters. The van der Waals surface area contributed by atoms with E-state index in [1.165, 1.54) is 18.2 Å². The lowest BCUT2D eigenvalue weighted by Crippen LogP contribution is -2.44. The van der Waals surface area contributed by atoms with Gasteiger partial charge in [0, 0.05) is 25.1 Å². The maximum Gasteiger partial charge on any atom is 0.387 e. The fourth-order valence-electron chi connectivity index (χ4n) is 4.87. The number of ether oxygens (including phenoxy) is 3.